The first kappa shape index (κ1) is 16.1. The molecule has 0 bridgehead atoms. The molecule has 0 spiro atoms. The zero-order valence-corrected chi connectivity index (χ0v) is 13.9. The molecule has 0 aliphatic carbocycles. The second-order valence-electron chi connectivity index (χ2n) is 5.96. The molecule has 8 nitrogen and oxygen atoms in total. The van der Waals surface area contributed by atoms with Gasteiger partial charge in [0.1, 0.15) is 0 Å². The third kappa shape index (κ3) is 3.21. The van der Waals surface area contributed by atoms with Crippen molar-refractivity contribution in [3.63, 3.8) is 0 Å². The molecule has 3 aromatic rings. The van der Waals surface area contributed by atoms with Gasteiger partial charge >= 0.3 is 6.03 Å². The molecule has 8 heteroatoms. The number of urea groups is 1. The molecule has 1 aromatic carbocycles. The Labute approximate surface area is 149 Å². The van der Waals surface area contributed by atoms with Crippen molar-refractivity contribution in [3.8, 4) is 5.75 Å². The van der Waals surface area contributed by atoms with Crippen molar-refractivity contribution >= 4 is 17.6 Å². The van der Waals surface area contributed by atoms with Crippen LogP contribution in [0.25, 0.3) is 5.65 Å². The summed E-state index contributed by atoms with van der Waals surface area (Å²) in [6.07, 6.45) is 4.08. The number of nitrogens with one attached hydrogen (secondary N) is 2. The molecule has 3 heterocycles. The van der Waals surface area contributed by atoms with Crippen LogP contribution in [0.4, 0.5) is 4.79 Å². The van der Waals surface area contributed by atoms with Gasteiger partial charge in [-0.3, -0.25) is 10.1 Å². The second-order valence-corrected chi connectivity index (χ2v) is 5.96. The van der Waals surface area contributed by atoms with E-state index in [9.17, 15) is 9.59 Å². The fourth-order valence-electron chi connectivity index (χ4n) is 2.88. The number of imidazole rings is 1. The largest absolute Gasteiger partial charge is 0.489 e. The van der Waals surface area contributed by atoms with Crippen LogP contribution >= 0.6 is 0 Å². The van der Waals surface area contributed by atoms with E-state index in [0.29, 0.717) is 23.7 Å². The van der Waals surface area contributed by atoms with Crippen molar-refractivity contribution in [2.24, 2.45) is 0 Å². The van der Waals surface area contributed by atoms with E-state index in [0.717, 1.165) is 6.42 Å². The lowest BCUT2D eigenvalue weighted by atomic mass is 10.0. The Hall–Kier alpha value is -3.42. The molecule has 2 N–H and O–H groups in total. The molecule has 1 aliphatic heterocycles. The minimum Gasteiger partial charge on any atom is -0.489 e. The fraction of sp³-hybridized carbons (Fsp3) is 0.222. The van der Waals surface area contributed by atoms with Crippen LogP contribution in [0.5, 0.6) is 5.75 Å². The topological polar surface area (TPSA) is 97.6 Å². The van der Waals surface area contributed by atoms with Crippen LogP contribution < -0.4 is 15.4 Å². The average molecular weight is 351 g/mol. The normalized spacial score (nSPS) is 17.0. The average Bonchev–Trinajstić information content (AvgIpc) is 3.11. The highest BCUT2D eigenvalue weighted by Crippen LogP contribution is 2.24. The van der Waals surface area contributed by atoms with Gasteiger partial charge in [0.05, 0.1) is 18.2 Å². The molecule has 2 aromatic heterocycles. The Kier molecular flexibility index (Phi) is 4.22. The third-order valence-electron chi connectivity index (χ3n) is 4.21. The van der Waals surface area contributed by atoms with E-state index in [1.807, 2.05) is 30.3 Å². The number of nitrogens with zero attached hydrogens (tertiary/aromatic N) is 3. The number of carbonyl (C=O) groups is 2. The maximum Gasteiger partial charge on any atom is 0.321 e. The summed E-state index contributed by atoms with van der Waals surface area (Å²) < 4.78 is 7.51. The van der Waals surface area contributed by atoms with E-state index >= 15 is 0 Å². The number of rotatable bonds is 5. The zero-order valence-electron chi connectivity index (χ0n) is 13.9. The first-order valence-electron chi connectivity index (χ1n) is 8.30. The lowest BCUT2D eigenvalue weighted by Gasteiger charge is -2.22. The predicted molar refractivity (Wildman–Crippen MR) is 92.9 cm³/mol. The summed E-state index contributed by atoms with van der Waals surface area (Å²) in [5, 5.41) is 9.29. The fourth-order valence-corrected chi connectivity index (χ4v) is 2.88. The molecule has 4 rings (SSSR count). The van der Waals surface area contributed by atoms with E-state index in [4.69, 9.17) is 4.74 Å². The van der Waals surface area contributed by atoms with Gasteiger partial charge in [0.2, 0.25) is 5.91 Å². The Morgan fingerprint density at radius 1 is 1.23 bits per heavy atom. The summed E-state index contributed by atoms with van der Waals surface area (Å²) >= 11 is 0. The maximum atomic E-state index is 12.1. The Balaban J connectivity index is 1.56. The van der Waals surface area contributed by atoms with Crippen molar-refractivity contribution in [2.45, 2.75) is 12.3 Å². The first-order valence-corrected chi connectivity index (χ1v) is 8.30. The van der Waals surface area contributed by atoms with Crippen LogP contribution in [0, 0.1) is 0 Å². The molecule has 1 saturated heterocycles. The number of hydrogen-bond donors (Lipinski definition) is 2. The Morgan fingerprint density at radius 2 is 2.08 bits per heavy atom. The molecule has 26 heavy (non-hydrogen) atoms. The molecule has 0 radical (unpaired) electrons. The highest BCUT2D eigenvalue weighted by atomic mass is 16.5. The number of amides is 3. The van der Waals surface area contributed by atoms with Gasteiger partial charge in [-0.2, -0.15) is 5.10 Å². The molecule has 3 amide bonds. The third-order valence-corrected chi connectivity index (χ3v) is 4.21. The van der Waals surface area contributed by atoms with Crippen LogP contribution in [0.15, 0.2) is 48.8 Å². The highest BCUT2D eigenvalue weighted by molar-refractivity contribution is 6.00. The SMILES string of the molecule is O=C1NCC(c2cc(OCCc3ccccc3)c3nccn3n2)C(=O)N1. The van der Waals surface area contributed by atoms with Gasteiger partial charge in [-0.25, -0.2) is 14.3 Å². The number of imide groups is 1. The summed E-state index contributed by atoms with van der Waals surface area (Å²) in [7, 11) is 0. The summed E-state index contributed by atoms with van der Waals surface area (Å²) in [6, 6.07) is 11.3. The smallest absolute Gasteiger partial charge is 0.321 e. The van der Waals surface area contributed by atoms with Crippen molar-refractivity contribution in [1.29, 1.82) is 0 Å². The van der Waals surface area contributed by atoms with Gasteiger partial charge in [-0.15, -0.1) is 0 Å². The van der Waals surface area contributed by atoms with Gasteiger partial charge < -0.3 is 10.1 Å². The summed E-state index contributed by atoms with van der Waals surface area (Å²) in [4.78, 5) is 27.6. The van der Waals surface area contributed by atoms with Crippen molar-refractivity contribution in [1.82, 2.24) is 25.2 Å². The van der Waals surface area contributed by atoms with Gasteiger partial charge in [0, 0.05) is 31.4 Å². The second kappa shape index (κ2) is 6.83. The monoisotopic (exact) mass is 351 g/mol. The van der Waals surface area contributed by atoms with Gasteiger partial charge in [0.15, 0.2) is 11.4 Å². The maximum absolute atomic E-state index is 12.1. The van der Waals surface area contributed by atoms with Gasteiger partial charge in [-0.05, 0) is 5.56 Å². The molecule has 0 saturated carbocycles. The number of hydrogen-bond acceptors (Lipinski definition) is 5. The van der Waals surface area contributed by atoms with E-state index in [-0.39, 0.29) is 12.5 Å². The predicted octanol–water partition coefficient (Wildman–Crippen LogP) is 1.27. The Morgan fingerprint density at radius 3 is 2.88 bits per heavy atom. The number of benzene rings is 1. The van der Waals surface area contributed by atoms with Crippen molar-refractivity contribution in [3.05, 3.63) is 60.0 Å². The standard InChI is InChI=1S/C18H17N5O3/c24-17-13(11-20-18(25)21-17)14-10-15(16-19-7-8-23(16)22-14)26-9-6-12-4-2-1-3-5-12/h1-5,7-8,10,13H,6,9,11H2,(H2,20,21,24,25). The van der Waals surface area contributed by atoms with E-state index in [1.165, 1.54) is 5.56 Å². The van der Waals surface area contributed by atoms with Crippen LogP contribution in [0.2, 0.25) is 0 Å². The van der Waals surface area contributed by atoms with E-state index in [1.54, 1.807) is 23.0 Å². The lowest BCUT2D eigenvalue weighted by molar-refractivity contribution is -0.122. The lowest BCUT2D eigenvalue weighted by Crippen LogP contribution is -2.51. The summed E-state index contributed by atoms with van der Waals surface area (Å²) in [5.41, 5.74) is 2.28. The molecule has 1 aliphatic rings. The molecule has 1 unspecified atom stereocenters. The zero-order chi connectivity index (χ0) is 17.9. The van der Waals surface area contributed by atoms with E-state index in [2.05, 4.69) is 20.7 Å². The molecule has 1 fully saturated rings. The molecular weight excluding hydrogens is 334 g/mol. The van der Waals surface area contributed by atoms with Gasteiger partial charge in [0.25, 0.3) is 0 Å². The number of fused-ring (bicyclic) bond motifs is 1. The number of carbonyl (C=O) groups excluding carboxylic acids is 2. The number of aromatic nitrogens is 3. The molecule has 132 valence electrons. The minimum atomic E-state index is -0.573. The molecular formula is C18H17N5O3. The highest BCUT2D eigenvalue weighted by Gasteiger charge is 2.30. The van der Waals surface area contributed by atoms with Crippen LogP contribution in [0.3, 0.4) is 0 Å². The summed E-state index contributed by atoms with van der Waals surface area (Å²) in [6.45, 7) is 0.672. The van der Waals surface area contributed by atoms with Crippen molar-refractivity contribution in [2.75, 3.05) is 13.2 Å². The Bertz CT molecular complexity index is 954. The van der Waals surface area contributed by atoms with Crippen molar-refractivity contribution < 1.29 is 14.3 Å². The summed E-state index contributed by atoms with van der Waals surface area (Å²) in [5.74, 6) is -0.396. The first-order chi connectivity index (χ1) is 12.7. The van der Waals surface area contributed by atoms with Crippen LogP contribution in [-0.4, -0.2) is 39.7 Å². The van der Waals surface area contributed by atoms with E-state index < -0.39 is 11.9 Å². The quantitative estimate of drug-likeness (QED) is 0.721. The minimum absolute atomic E-state index is 0.196. The number of ether oxygens (including phenoxy) is 1. The van der Waals surface area contributed by atoms with Crippen LogP contribution in [-0.2, 0) is 11.2 Å². The van der Waals surface area contributed by atoms with Gasteiger partial charge in [-0.1, -0.05) is 30.3 Å². The van der Waals surface area contributed by atoms with Crippen LogP contribution in [0.1, 0.15) is 17.2 Å². The molecule has 1 atom stereocenters.